The minimum absolute atomic E-state index is 0.203. The highest BCUT2D eigenvalue weighted by Gasteiger charge is 2.21. The van der Waals surface area contributed by atoms with Crippen molar-refractivity contribution in [2.24, 2.45) is 0 Å². The predicted octanol–water partition coefficient (Wildman–Crippen LogP) is 4.19. The molecule has 1 aliphatic rings. The summed E-state index contributed by atoms with van der Waals surface area (Å²) >= 11 is 1.41. The van der Waals surface area contributed by atoms with Crippen LogP contribution in [0.3, 0.4) is 0 Å². The molecular formula is C24H24N6OS. The van der Waals surface area contributed by atoms with Crippen LogP contribution in [0, 0.1) is 0 Å². The lowest BCUT2D eigenvalue weighted by Gasteiger charge is -2.35. The number of thiazole rings is 1. The van der Waals surface area contributed by atoms with Crippen LogP contribution in [0.25, 0.3) is 23.1 Å². The highest BCUT2D eigenvalue weighted by Crippen LogP contribution is 2.33. The Balaban J connectivity index is 1.52. The molecule has 0 saturated carbocycles. The van der Waals surface area contributed by atoms with Crippen LogP contribution in [0.2, 0.25) is 0 Å². The number of piperazine rings is 1. The van der Waals surface area contributed by atoms with Gasteiger partial charge in [0, 0.05) is 36.9 Å². The monoisotopic (exact) mass is 444 g/mol. The van der Waals surface area contributed by atoms with Gasteiger partial charge in [0.05, 0.1) is 28.1 Å². The van der Waals surface area contributed by atoms with Gasteiger partial charge in [-0.1, -0.05) is 36.4 Å². The van der Waals surface area contributed by atoms with Crippen molar-refractivity contribution in [1.82, 2.24) is 20.1 Å². The topological polar surface area (TPSA) is 77.1 Å². The molecule has 32 heavy (non-hydrogen) atoms. The summed E-state index contributed by atoms with van der Waals surface area (Å²) < 4.78 is 0. The van der Waals surface area contributed by atoms with Gasteiger partial charge in [0.2, 0.25) is 0 Å². The van der Waals surface area contributed by atoms with Gasteiger partial charge in [-0.05, 0) is 30.8 Å². The van der Waals surface area contributed by atoms with Crippen LogP contribution >= 0.6 is 11.3 Å². The average molecular weight is 445 g/mol. The maximum atomic E-state index is 12.8. The largest absolute Gasteiger partial charge is 0.367 e. The number of H-pyrrole nitrogens is 1. The summed E-state index contributed by atoms with van der Waals surface area (Å²) in [6.07, 6.45) is 4.03. The molecular weight excluding hydrogens is 420 g/mol. The number of likely N-dealkylation sites (N-methyl/N-ethyl adjacent to an activating group) is 1. The number of fused-ring (bicyclic) bond motifs is 1. The van der Waals surface area contributed by atoms with Crippen LogP contribution in [-0.2, 0) is 0 Å². The Labute approximate surface area is 190 Å². The number of hydrogen-bond acceptors (Lipinski definition) is 6. The lowest BCUT2D eigenvalue weighted by Crippen LogP contribution is -2.44. The number of aromatic amines is 1. The van der Waals surface area contributed by atoms with Crippen LogP contribution < -0.4 is 10.2 Å². The standard InChI is InChI=1S/C24H24N6OS/c1-29-9-11-30(12-10-29)23-14-20-18(13-21(23)26-24(31)22-15-32-16-25-22)19(27-28-20)8-7-17-5-3-2-4-6-17/h2-8,13-16H,9-12H2,1H3,(H,26,31)(H,27,28). The zero-order chi connectivity index (χ0) is 21.9. The number of nitrogens with zero attached hydrogens (tertiary/aromatic N) is 4. The predicted molar refractivity (Wildman–Crippen MR) is 131 cm³/mol. The first-order chi connectivity index (χ1) is 15.7. The minimum atomic E-state index is -0.203. The molecule has 1 fully saturated rings. The number of amides is 1. The van der Waals surface area contributed by atoms with Gasteiger partial charge in [0.15, 0.2) is 0 Å². The third-order valence-corrected chi connectivity index (χ3v) is 6.29. The number of carbonyl (C=O) groups excluding carboxylic acids is 1. The second kappa shape index (κ2) is 8.94. The Bertz CT molecular complexity index is 1240. The maximum absolute atomic E-state index is 12.8. The van der Waals surface area contributed by atoms with Crippen LogP contribution in [0.4, 0.5) is 11.4 Å². The van der Waals surface area contributed by atoms with Crippen molar-refractivity contribution in [2.75, 3.05) is 43.4 Å². The molecule has 4 aromatic rings. The Morgan fingerprint density at radius 3 is 2.69 bits per heavy atom. The average Bonchev–Trinajstić information content (AvgIpc) is 3.49. The van der Waals surface area contributed by atoms with E-state index in [0.29, 0.717) is 5.69 Å². The zero-order valence-corrected chi connectivity index (χ0v) is 18.6. The molecule has 2 aromatic carbocycles. The van der Waals surface area contributed by atoms with Gasteiger partial charge in [-0.15, -0.1) is 11.3 Å². The van der Waals surface area contributed by atoms with E-state index in [1.165, 1.54) is 11.3 Å². The summed E-state index contributed by atoms with van der Waals surface area (Å²) in [6, 6.07) is 14.2. The molecule has 0 spiro atoms. The lowest BCUT2D eigenvalue weighted by atomic mass is 10.1. The van der Waals surface area contributed by atoms with Crippen LogP contribution in [0.1, 0.15) is 21.7 Å². The van der Waals surface area contributed by atoms with E-state index in [1.54, 1.807) is 10.9 Å². The van der Waals surface area contributed by atoms with Crippen molar-refractivity contribution >= 4 is 51.7 Å². The van der Waals surface area contributed by atoms with Gasteiger partial charge in [-0.2, -0.15) is 5.10 Å². The minimum Gasteiger partial charge on any atom is -0.367 e. The van der Waals surface area contributed by atoms with Gasteiger partial charge in [-0.25, -0.2) is 4.98 Å². The number of anilines is 2. The zero-order valence-electron chi connectivity index (χ0n) is 17.8. The van der Waals surface area contributed by atoms with Crippen LogP contribution in [0.15, 0.2) is 53.4 Å². The molecule has 5 rings (SSSR count). The number of benzene rings is 2. The van der Waals surface area contributed by atoms with Gasteiger partial charge in [0.1, 0.15) is 5.69 Å². The van der Waals surface area contributed by atoms with E-state index in [9.17, 15) is 4.79 Å². The fraction of sp³-hybridized carbons (Fsp3) is 0.208. The number of aromatic nitrogens is 3. The van der Waals surface area contributed by atoms with E-state index in [0.717, 1.165) is 59.7 Å². The van der Waals surface area contributed by atoms with Crippen molar-refractivity contribution in [2.45, 2.75) is 0 Å². The molecule has 0 unspecified atom stereocenters. The first-order valence-corrected chi connectivity index (χ1v) is 11.5. The maximum Gasteiger partial charge on any atom is 0.275 e. The molecule has 2 N–H and O–H groups in total. The summed E-state index contributed by atoms with van der Waals surface area (Å²) in [4.78, 5) is 21.6. The summed E-state index contributed by atoms with van der Waals surface area (Å²) in [5.41, 5.74) is 6.75. The molecule has 8 heteroatoms. The molecule has 1 aliphatic heterocycles. The van der Waals surface area contributed by atoms with E-state index in [2.05, 4.69) is 55.5 Å². The highest BCUT2D eigenvalue weighted by atomic mass is 32.1. The van der Waals surface area contributed by atoms with E-state index in [1.807, 2.05) is 36.4 Å². The van der Waals surface area contributed by atoms with Crippen molar-refractivity contribution < 1.29 is 4.79 Å². The molecule has 0 aliphatic carbocycles. The summed E-state index contributed by atoms with van der Waals surface area (Å²) in [5, 5.41) is 13.5. The molecule has 1 saturated heterocycles. The molecule has 3 heterocycles. The quantitative estimate of drug-likeness (QED) is 0.483. The normalized spacial score (nSPS) is 15.0. The molecule has 1 amide bonds. The SMILES string of the molecule is CN1CCN(c2cc3[nH]nc(C=Cc4ccccc4)c3cc2NC(=O)c2cscn2)CC1. The Hall–Kier alpha value is -3.49. The Kier molecular flexibility index (Phi) is 5.70. The van der Waals surface area contributed by atoms with Gasteiger partial charge < -0.3 is 15.1 Å². The third-order valence-electron chi connectivity index (χ3n) is 5.70. The van der Waals surface area contributed by atoms with Crippen molar-refractivity contribution in [1.29, 1.82) is 0 Å². The summed E-state index contributed by atoms with van der Waals surface area (Å²) in [5.74, 6) is -0.203. The van der Waals surface area contributed by atoms with Crippen LogP contribution in [0.5, 0.6) is 0 Å². The van der Waals surface area contributed by atoms with E-state index >= 15 is 0 Å². The fourth-order valence-electron chi connectivity index (χ4n) is 3.86. The number of rotatable bonds is 5. The number of nitrogens with one attached hydrogen (secondary N) is 2. The highest BCUT2D eigenvalue weighted by molar-refractivity contribution is 7.07. The summed E-state index contributed by atoms with van der Waals surface area (Å²) in [7, 11) is 2.13. The molecule has 162 valence electrons. The Morgan fingerprint density at radius 2 is 1.94 bits per heavy atom. The molecule has 0 bridgehead atoms. The lowest BCUT2D eigenvalue weighted by molar-refractivity contribution is 0.102. The first kappa shape index (κ1) is 20.4. The second-order valence-corrected chi connectivity index (χ2v) is 8.60. The molecule has 0 atom stereocenters. The fourth-order valence-corrected chi connectivity index (χ4v) is 4.39. The van der Waals surface area contributed by atoms with Gasteiger partial charge >= 0.3 is 0 Å². The van der Waals surface area contributed by atoms with E-state index < -0.39 is 0 Å². The molecule has 7 nitrogen and oxygen atoms in total. The smallest absolute Gasteiger partial charge is 0.275 e. The third kappa shape index (κ3) is 4.28. The van der Waals surface area contributed by atoms with E-state index in [4.69, 9.17) is 0 Å². The van der Waals surface area contributed by atoms with Crippen molar-refractivity contribution in [3.05, 3.63) is 70.3 Å². The number of carbonyl (C=O) groups is 1. The van der Waals surface area contributed by atoms with Crippen molar-refractivity contribution in [3.63, 3.8) is 0 Å². The van der Waals surface area contributed by atoms with Crippen molar-refractivity contribution in [3.8, 4) is 0 Å². The second-order valence-electron chi connectivity index (χ2n) is 7.89. The molecule has 0 radical (unpaired) electrons. The van der Waals surface area contributed by atoms with E-state index in [-0.39, 0.29) is 5.91 Å². The van der Waals surface area contributed by atoms with Crippen LogP contribution in [-0.4, -0.2) is 59.2 Å². The molecule has 2 aromatic heterocycles. The van der Waals surface area contributed by atoms with Gasteiger partial charge in [-0.3, -0.25) is 9.89 Å². The first-order valence-electron chi connectivity index (χ1n) is 10.6. The summed E-state index contributed by atoms with van der Waals surface area (Å²) in [6.45, 7) is 3.75. The van der Waals surface area contributed by atoms with Gasteiger partial charge in [0.25, 0.3) is 5.91 Å². The number of hydrogen-bond donors (Lipinski definition) is 2. The Morgan fingerprint density at radius 1 is 1.12 bits per heavy atom.